The second-order valence-corrected chi connectivity index (χ2v) is 6.45. The Morgan fingerprint density at radius 3 is 2.92 bits per heavy atom. The molecule has 0 fully saturated rings. The fraction of sp³-hybridized carbons (Fsp3) is 0.278. The molecule has 4 nitrogen and oxygen atoms in total. The van der Waals surface area contributed by atoms with Crippen LogP contribution in [0, 0.1) is 0 Å². The van der Waals surface area contributed by atoms with Crippen molar-refractivity contribution in [2.75, 3.05) is 13.7 Å². The fourth-order valence-corrected chi connectivity index (χ4v) is 2.92. The molecule has 6 heteroatoms. The highest BCUT2D eigenvalue weighted by molar-refractivity contribution is 7.09. The van der Waals surface area contributed by atoms with Gasteiger partial charge in [-0.15, -0.1) is 11.3 Å². The first kappa shape index (κ1) is 18.4. The van der Waals surface area contributed by atoms with Crippen molar-refractivity contribution in [2.24, 2.45) is 0 Å². The van der Waals surface area contributed by atoms with Crippen molar-refractivity contribution in [3.05, 3.63) is 51.2 Å². The summed E-state index contributed by atoms with van der Waals surface area (Å²) in [5, 5.41) is 5.27. The van der Waals surface area contributed by atoms with Gasteiger partial charge in [0.05, 0.1) is 25.3 Å². The quantitative estimate of drug-likeness (QED) is 0.699. The first-order chi connectivity index (χ1) is 11.6. The van der Waals surface area contributed by atoms with E-state index in [0.29, 0.717) is 29.7 Å². The number of carbonyl (C=O) groups is 1. The molecule has 0 radical (unpaired) electrons. The van der Waals surface area contributed by atoms with Crippen LogP contribution in [0.2, 0.25) is 5.02 Å². The summed E-state index contributed by atoms with van der Waals surface area (Å²) >= 11 is 7.86. The largest absolute Gasteiger partial charge is 0.493 e. The second kappa shape index (κ2) is 9.35. The molecular weight excluding hydrogens is 346 g/mol. The third kappa shape index (κ3) is 5.28. The minimum atomic E-state index is -0.162. The van der Waals surface area contributed by atoms with E-state index in [1.54, 1.807) is 36.7 Å². The summed E-state index contributed by atoms with van der Waals surface area (Å²) in [6.07, 6.45) is 4.05. The summed E-state index contributed by atoms with van der Waals surface area (Å²) < 4.78 is 10.9. The predicted molar refractivity (Wildman–Crippen MR) is 99.0 cm³/mol. The lowest BCUT2D eigenvalue weighted by Gasteiger charge is -2.12. The van der Waals surface area contributed by atoms with E-state index in [-0.39, 0.29) is 5.91 Å². The van der Waals surface area contributed by atoms with E-state index in [9.17, 15) is 4.79 Å². The zero-order valence-electron chi connectivity index (χ0n) is 13.7. The number of halogens is 1. The predicted octanol–water partition coefficient (Wildman–Crippen LogP) is 4.53. The minimum Gasteiger partial charge on any atom is -0.493 e. The maximum absolute atomic E-state index is 11.9. The Labute approximate surface area is 151 Å². The Morgan fingerprint density at radius 1 is 1.42 bits per heavy atom. The van der Waals surface area contributed by atoms with Gasteiger partial charge in [0.2, 0.25) is 5.91 Å². The Morgan fingerprint density at radius 2 is 2.25 bits per heavy atom. The smallest absolute Gasteiger partial charge is 0.244 e. The van der Waals surface area contributed by atoms with E-state index in [1.807, 2.05) is 24.4 Å². The minimum absolute atomic E-state index is 0.162. The van der Waals surface area contributed by atoms with Crippen LogP contribution in [0.5, 0.6) is 11.5 Å². The first-order valence-corrected chi connectivity index (χ1v) is 8.88. The molecule has 1 aromatic heterocycles. The van der Waals surface area contributed by atoms with E-state index in [0.717, 1.165) is 16.9 Å². The topological polar surface area (TPSA) is 47.6 Å². The summed E-state index contributed by atoms with van der Waals surface area (Å²) in [5.74, 6) is 0.916. The molecule has 1 amide bonds. The van der Waals surface area contributed by atoms with E-state index < -0.39 is 0 Å². The van der Waals surface area contributed by atoms with Crippen molar-refractivity contribution in [3.8, 4) is 11.5 Å². The van der Waals surface area contributed by atoms with Gasteiger partial charge in [-0.25, -0.2) is 0 Å². The molecule has 0 aliphatic rings. The molecule has 0 bridgehead atoms. The standard InChI is InChI=1S/C18H20ClNO3S/c1-3-8-23-18-15(19)10-13(11-16(18)22-2)6-7-17(21)20-12-14-5-4-9-24-14/h4-7,9-11H,3,8,12H2,1-2H3,(H,20,21)/b7-6+. The van der Waals surface area contributed by atoms with E-state index in [2.05, 4.69) is 5.32 Å². The van der Waals surface area contributed by atoms with E-state index in [1.165, 1.54) is 6.08 Å². The zero-order valence-corrected chi connectivity index (χ0v) is 15.2. The highest BCUT2D eigenvalue weighted by Crippen LogP contribution is 2.36. The van der Waals surface area contributed by atoms with Gasteiger partial charge in [0.1, 0.15) is 0 Å². The Balaban J connectivity index is 2.02. The maximum atomic E-state index is 11.9. The maximum Gasteiger partial charge on any atom is 0.244 e. The van der Waals surface area contributed by atoms with Gasteiger partial charge in [-0.3, -0.25) is 4.79 Å². The van der Waals surface area contributed by atoms with Gasteiger partial charge >= 0.3 is 0 Å². The zero-order chi connectivity index (χ0) is 17.4. The number of amides is 1. The summed E-state index contributed by atoms with van der Waals surface area (Å²) in [7, 11) is 1.56. The molecule has 128 valence electrons. The number of hydrogen-bond acceptors (Lipinski definition) is 4. The van der Waals surface area contributed by atoms with Crippen LogP contribution >= 0.6 is 22.9 Å². The van der Waals surface area contributed by atoms with Crippen molar-refractivity contribution in [1.82, 2.24) is 5.32 Å². The summed E-state index contributed by atoms with van der Waals surface area (Å²) in [6.45, 7) is 3.11. The SMILES string of the molecule is CCCOc1c(Cl)cc(/C=C/C(=O)NCc2cccs2)cc1OC. The van der Waals surface area contributed by atoms with Gasteiger partial charge in [-0.05, 0) is 41.6 Å². The van der Waals surface area contributed by atoms with E-state index >= 15 is 0 Å². The lowest BCUT2D eigenvalue weighted by Crippen LogP contribution is -2.19. The molecule has 2 rings (SSSR count). The van der Waals surface area contributed by atoms with Gasteiger partial charge < -0.3 is 14.8 Å². The molecule has 0 saturated carbocycles. The molecule has 0 saturated heterocycles. The van der Waals surface area contributed by atoms with Gasteiger partial charge in [0, 0.05) is 11.0 Å². The van der Waals surface area contributed by atoms with Crippen LogP contribution in [0.1, 0.15) is 23.8 Å². The fourth-order valence-electron chi connectivity index (χ4n) is 2.00. The van der Waals surface area contributed by atoms with Crippen molar-refractivity contribution in [2.45, 2.75) is 19.9 Å². The lowest BCUT2D eigenvalue weighted by molar-refractivity contribution is -0.116. The van der Waals surface area contributed by atoms with Crippen LogP contribution in [-0.4, -0.2) is 19.6 Å². The molecule has 1 N–H and O–H groups in total. The number of thiophene rings is 1. The molecule has 24 heavy (non-hydrogen) atoms. The van der Waals surface area contributed by atoms with Crippen LogP contribution in [0.25, 0.3) is 6.08 Å². The number of methoxy groups -OCH3 is 1. The number of benzene rings is 1. The average molecular weight is 366 g/mol. The molecular formula is C18H20ClNO3S. The summed E-state index contributed by atoms with van der Waals surface area (Å²) in [5.41, 5.74) is 0.770. The van der Waals surface area contributed by atoms with Crippen molar-refractivity contribution < 1.29 is 14.3 Å². The van der Waals surface area contributed by atoms with Crippen molar-refractivity contribution in [1.29, 1.82) is 0 Å². The summed E-state index contributed by atoms with van der Waals surface area (Å²) in [4.78, 5) is 13.0. The number of ether oxygens (including phenoxy) is 2. The molecule has 1 aromatic carbocycles. The molecule has 0 aliphatic heterocycles. The number of carbonyl (C=O) groups excluding carboxylic acids is 1. The number of nitrogens with one attached hydrogen (secondary N) is 1. The van der Waals surface area contributed by atoms with Crippen LogP contribution in [0.15, 0.2) is 35.7 Å². The summed E-state index contributed by atoms with van der Waals surface area (Å²) in [6, 6.07) is 7.48. The Bertz CT molecular complexity index is 699. The molecule has 0 unspecified atom stereocenters. The van der Waals surface area contributed by atoms with Gasteiger partial charge in [-0.1, -0.05) is 24.6 Å². The molecule has 0 aliphatic carbocycles. The normalized spacial score (nSPS) is 10.8. The highest BCUT2D eigenvalue weighted by Gasteiger charge is 2.11. The number of hydrogen-bond donors (Lipinski definition) is 1. The molecule has 0 spiro atoms. The van der Waals surface area contributed by atoms with Crippen LogP contribution in [-0.2, 0) is 11.3 Å². The first-order valence-electron chi connectivity index (χ1n) is 7.62. The second-order valence-electron chi connectivity index (χ2n) is 5.01. The van der Waals surface area contributed by atoms with Gasteiger partial charge in [0.15, 0.2) is 11.5 Å². The average Bonchev–Trinajstić information content (AvgIpc) is 3.10. The highest BCUT2D eigenvalue weighted by atomic mass is 35.5. The molecule has 0 atom stereocenters. The monoisotopic (exact) mass is 365 g/mol. The van der Waals surface area contributed by atoms with Crippen LogP contribution in [0.3, 0.4) is 0 Å². The molecule has 1 heterocycles. The van der Waals surface area contributed by atoms with Crippen LogP contribution < -0.4 is 14.8 Å². The van der Waals surface area contributed by atoms with Gasteiger partial charge in [-0.2, -0.15) is 0 Å². The number of rotatable bonds is 8. The third-order valence-electron chi connectivity index (χ3n) is 3.15. The van der Waals surface area contributed by atoms with Crippen molar-refractivity contribution >= 4 is 34.9 Å². The van der Waals surface area contributed by atoms with Gasteiger partial charge in [0.25, 0.3) is 0 Å². The Kier molecular flexibility index (Phi) is 7.15. The van der Waals surface area contributed by atoms with E-state index in [4.69, 9.17) is 21.1 Å². The molecule has 2 aromatic rings. The Hall–Kier alpha value is -1.98. The van der Waals surface area contributed by atoms with Crippen LogP contribution in [0.4, 0.5) is 0 Å². The van der Waals surface area contributed by atoms with Crippen molar-refractivity contribution in [3.63, 3.8) is 0 Å². The third-order valence-corrected chi connectivity index (χ3v) is 4.30. The lowest BCUT2D eigenvalue weighted by atomic mass is 10.2.